The van der Waals surface area contributed by atoms with E-state index in [1.165, 1.54) is 12.1 Å². The van der Waals surface area contributed by atoms with Crippen LogP contribution in [0, 0.1) is 11.8 Å². The fourth-order valence-electron chi connectivity index (χ4n) is 0.884. The lowest BCUT2D eigenvalue weighted by atomic mass is 10.1. The van der Waals surface area contributed by atoms with Crippen molar-refractivity contribution in [2.75, 3.05) is 5.75 Å². The van der Waals surface area contributed by atoms with E-state index in [9.17, 15) is 4.79 Å². The zero-order chi connectivity index (χ0) is 10.6. The van der Waals surface area contributed by atoms with Crippen molar-refractivity contribution in [3.05, 3.63) is 34.3 Å². The first kappa shape index (κ1) is 11.0. The molecule has 0 fully saturated rings. The second kappa shape index (κ2) is 4.94. The summed E-state index contributed by atoms with van der Waals surface area (Å²) >= 11 is 9.75. The zero-order valence-electron chi connectivity index (χ0n) is 7.12. The molecule has 0 saturated heterocycles. The molecule has 0 aromatic heterocycles. The van der Waals surface area contributed by atoms with E-state index in [0.29, 0.717) is 16.3 Å². The van der Waals surface area contributed by atoms with Crippen LogP contribution in [0.25, 0.3) is 0 Å². The Labute approximate surface area is 92.3 Å². The van der Waals surface area contributed by atoms with E-state index >= 15 is 0 Å². The highest BCUT2D eigenvalue weighted by molar-refractivity contribution is 7.80. The molecule has 14 heavy (non-hydrogen) atoms. The number of halogens is 1. The van der Waals surface area contributed by atoms with Crippen molar-refractivity contribution in [3.63, 3.8) is 0 Å². The van der Waals surface area contributed by atoms with Crippen LogP contribution in [0.2, 0.25) is 5.02 Å². The van der Waals surface area contributed by atoms with Crippen LogP contribution in [0.5, 0.6) is 0 Å². The van der Waals surface area contributed by atoms with E-state index in [1.54, 1.807) is 6.07 Å². The highest BCUT2D eigenvalue weighted by Gasteiger charge is 2.04. The largest absolute Gasteiger partial charge is 0.478 e. The third-order valence-corrected chi connectivity index (χ3v) is 1.99. The van der Waals surface area contributed by atoms with Crippen LogP contribution in [-0.4, -0.2) is 16.8 Å². The Morgan fingerprint density at radius 1 is 1.57 bits per heavy atom. The number of carboxylic acids is 1. The Morgan fingerprint density at radius 2 is 2.29 bits per heavy atom. The summed E-state index contributed by atoms with van der Waals surface area (Å²) in [6, 6.07) is 4.44. The molecule has 1 rings (SSSR count). The fourth-order valence-corrected chi connectivity index (χ4v) is 1.19. The summed E-state index contributed by atoms with van der Waals surface area (Å²) in [6.45, 7) is 0. The van der Waals surface area contributed by atoms with Gasteiger partial charge in [0.15, 0.2) is 0 Å². The van der Waals surface area contributed by atoms with Gasteiger partial charge in [-0.25, -0.2) is 4.79 Å². The van der Waals surface area contributed by atoms with E-state index in [1.807, 2.05) is 0 Å². The van der Waals surface area contributed by atoms with Crippen molar-refractivity contribution in [3.8, 4) is 11.8 Å². The van der Waals surface area contributed by atoms with Crippen LogP contribution in [0.3, 0.4) is 0 Å². The molecule has 1 N–H and O–H groups in total. The van der Waals surface area contributed by atoms with Crippen molar-refractivity contribution < 1.29 is 9.90 Å². The molecule has 1 aromatic carbocycles. The van der Waals surface area contributed by atoms with Gasteiger partial charge in [-0.15, -0.1) is 0 Å². The lowest BCUT2D eigenvalue weighted by Gasteiger charge is -1.97. The van der Waals surface area contributed by atoms with Crippen LogP contribution in [-0.2, 0) is 0 Å². The molecule has 0 amide bonds. The van der Waals surface area contributed by atoms with E-state index in [0.717, 1.165) is 0 Å². The molecule has 0 atom stereocenters. The Balaban J connectivity index is 3.07. The zero-order valence-corrected chi connectivity index (χ0v) is 8.77. The van der Waals surface area contributed by atoms with Crippen LogP contribution in [0.15, 0.2) is 18.2 Å². The third kappa shape index (κ3) is 2.69. The van der Waals surface area contributed by atoms with E-state index in [4.69, 9.17) is 16.7 Å². The Morgan fingerprint density at radius 3 is 2.79 bits per heavy atom. The number of hydrogen-bond acceptors (Lipinski definition) is 2. The van der Waals surface area contributed by atoms with Gasteiger partial charge in [0.25, 0.3) is 0 Å². The van der Waals surface area contributed by atoms with Crippen molar-refractivity contribution in [1.82, 2.24) is 0 Å². The molecule has 0 aliphatic rings. The summed E-state index contributed by atoms with van der Waals surface area (Å²) in [5, 5.41) is 9.02. The first-order valence-corrected chi connectivity index (χ1v) is 4.78. The Hall–Kier alpha value is -1.11. The van der Waals surface area contributed by atoms with Crippen molar-refractivity contribution in [2.45, 2.75) is 0 Å². The van der Waals surface area contributed by atoms with E-state index < -0.39 is 5.97 Å². The van der Waals surface area contributed by atoms with Crippen LogP contribution < -0.4 is 0 Å². The van der Waals surface area contributed by atoms with Gasteiger partial charge in [-0.05, 0) is 18.2 Å². The van der Waals surface area contributed by atoms with Crippen molar-refractivity contribution in [1.29, 1.82) is 0 Å². The lowest BCUT2D eigenvalue weighted by molar-refractivity contribution is 0.0697. The maximum Gasteiger partial charge on any atom is 0.335 e. The Bertz CT molecular complexity index is 418. The van der Waals surface area contributed by atoms with Gasteiger partial charge in [-0.3, -0.25) is 0 Å². The van der Waals surface area contributed by atoms with Gasteiger partial charge in [0.1, 0.15) is 0 Å². The standard InChI is InChI=1S/C10H7ClO2S/c11-9-6-8(10(12)13)4-3-7(9)2-1-5-14/h3-4,6,14H,5H2,(H,12,13). The molecule has 0 bridgehead atoms. The van der Waals surface area contributed by atoms with Crippen molar-refractivity contribution >= 4 is 30.2 Å². The molecule has 0 unspecified atom stereocenters. The maximum atomic E-state index is 10.6. The molecule has 0 radical (unpaired) electrons. The minimum absolute atomic E-state index is 0.159. The number of carbonyl (C=O) groups is 1. The number of thiol groups is 1. The molecule has 0 aliphatic carbocycles. The molecular weight excluding hydrogens is 220 g/mol. The Kier molecular flexibility index (Phi) is 3.87. The molecule has 0 heterocycles. The van der Waals surface area contributed by atoms with Crippen molar-refractivity contribution in [2.24, 2.45) is 0 Å². The minimum Gasteiger partial charge on any atom is -0.478 e. The normalized spacial score (nSPS) is 9.00. The summed E-state index contributed by atoms with van der Waals surface area (Å²) in [7, 11) is 0. The van der Waals surface area contributed by atoms with Gasteiger partial charge in [0.2, 0.25) is 0 Å². The first-order valence-electron chi connectivity index (χ1n) is 3.77. The average Bonchev–Trinajstić information content (AvgIpc) is 2.15. The average molecular weight is 227 g/mol. The monoisotopic (exact) mass is 226 g/mol. The lowest BCUT2D eigenvalue weighted by Crippen LogP contribution is -1.95. The third-order valence-electron chi connectivity index (χ3n) is 1.52. The van der Waals surface area contributed by atoms with Gasteiger partial charge in [-0.2, -0.15) is 12.6 Å². The van der Waals surface area contributed by atoms with Gasteiger partial charge in [-0.1, -0.05) is 23.4 Å². The SMILES string of the molecule is O=C(O)c1ccc(C#CCS)c(Cl)c1. The number of hydrogen-bond donors (Lipinski definition) is 2. The molecular formula is C10H7ClO2S. The quantitative estimate of drug-likeness (QED) is 0.570. The molecule has 2 nitrogen and oxygen atoms in total. The highest BCUT2D eigenvalue weighted by atomic mass is 35.5. The fraction of sp³-hybridized carbons (Fsp3) is 0.100. The smallest absolute Gasteiger partial charge is 0.335 e. The van der Waals surface area contributed by atoms with Gasteiger partial charge in [0.05, 0.1) is 16.3 Å². The number of benzene rings is 1. The second-order valence-electron chi connectivity index (χ2n) is 2.46. The molecule has 1 aromatic rings. The molecule has 0 aliphatic heterocycles. The first-order chi connectivity index (χ1) is 6.65. The summed E-state index contributed by atoms with van der Waals surface area (Å²) in [6.07, 6.45) is 0. The van der Waals surface area contributed by atoms with Gasteiger partial charge in [0, 0.05) is 5.56 Å². The molecule has 4 heteroatoms. The van der Waals surface area contributed by atoms with Gasteiger partial charge >= 0.3 is 5.97 Å². The van der Waals surface area contributed by atoms with Crippen LogP contribution in [0.4, 0.5) is 0 Å². The summed E-state index contributed by atoms with van der Waals surface area (Å²) < 4.78 is 0. The van der Waals surface area contributed by atoms with E-state index in [2.05, 4.69) is 24.5 Å². The molecule has 0 spiro atoms. The summed E-state index contributed by atoms with van der Waals surface area (Å²) in [5.74, 6) is 4.96. The topological polar surface area (TPSA) is 37.3 Å². The van der Waals surface area contributed by atoms with Crippen LogP contribution >= 0.6 is 24.2 Å². The second-order valence-corrected chi connectivity index (χ2v) is 3.18. The van der Waals surface area contributed by atoms with Crippen LogP contribution in [0.1, 0.15) is 15.9 Å². The molecule has 0 saturated carbocycles. The van der Waals surface area contributed by atoms with Gasteiger partial charge < -0.3 is 5.11 Å². The predicted octanol–water partition coefficient (Wildman–Crippen LogP) is 2.32. The highest BCUT2D eigenvalue weighted by Crippen LogP contribution is 2.16. The molecule has 72 valence electrons. The summed E-state index contributed by atoms with van der Waals surface area (Å²) in [4.78, 5) is 10.6. The minimum atomic E-state index is -0.999. The number of carboxylic acid groups (broad SMARTS) is 1. The predicted molar refractivity (Wildman–Crippen MR) is 59.1 cm³/mol. The maximum absolute atomic E-state index is 10.6. The summed E-state index contributed by atoms with van der Waals surface area (Å²) in [5.41, 5.74) is 0.775. The number of aromatic carboxylic acids is 1. The van der Waals surface area contributed by atoms with E-state index in [-0.39, 0.29) is 5.56 Å². The number of rotatable bonds is 1.